The third-order valence-corrected chi connectivity index (χ3v) is 1.65. The number of allylic oxidation sites excluding steroid dienone is 2. The maximum atomic E-state index is 10.5. The quantitative estimate of drug-likeness (QED) is 0.458. The SMILES string of the molecule is C#CCOC1CC=CC=C1C=O. The molecule has 0 radical (unpaired) electrons. The molecule has 0 heterocycles. The number of rotatable bonds is 3. The molecule has 0 amide bonds. The Morgan fingerprint density at radius 3 is 3.33 bits per heavy atom. The van der Waals surface area contributed by atoms with Gasteiger partial charge in [-0.2, -0.15) is 0 Å². The largest absolute Gasteiger partial charge is 0.360 e. The van der Waals surface area contributed by atoms with Crippen molar-refractivity contribution < 1.29 is 9.53 Å². The second-order valence-corrected chi connectivity index (χ2v) is 2.45. The molecule has 0 N–H and O–H groups in total. The van der Waals surface area contributed by atoms with E-state index >= 15 is 0 Å². The first-order valence-electron chi connectivity index (χ1n) is 3.75. The Kier molecular flexibility index (Phi) is 3.31. The molecule has 0 fully saturated rings. The topological polar surface area (TPSA) is 26.3 Å². The molecule has 0 aliphatic heterocycles. The van der Waals surface area contributed by atoms with E-state index in [-0.39, 0.29) is 12.7 Å². The number of ether oxygens (including phenoxy) is 1. The lowest BCUT2D eigenvalue weighted by Gasteiger charge is -2.16. The van der Waals surface area contributed by atoms with Crippen LogP contribution in [-0.2, 0) is 9.53 Å². The summed E-state index contributed by atoms with van der Waals surface area (Å²) in [5.41, 5.74) is 0.660. The lowest BCUT2D eigenvalue weighted by molar-refractivity contribution is -0.106. The van der Waals surface area contributed by atoms with Crippen molar-refractivity contribution in [1.29, 1.82) is 0 Å². The summed E-state index contributed by atoms with van der Waals surface area (Å²) in [6, 6.07) is 0. The Labute approximate surface area is 71.9 Å². The van der Waals surface area contributed by atoms with Crippen molar-refractivity contribution in [2.24, 2.45) is 0 Å². The Bertz CT molecular complexity index is 256. The van der Waals surface area contributed by atoms with Gasteiger partial charge in [-0.15, -0.1) is 6.42 Å². The average Bonchev–Trinajstić information content (AvgIpc) is 2.15. The summed E-state index contributed by atoms with van der Waals surface area (Å²) in [6.07, 6.45) is 12.0. The molecular weight excluding hydrogens is 152 g/mol. The second-order valence-electron chi connectivity index (χ2n) is 2.45. The van der Waals surface area contributed by atoms with Crippen LogP contribution >= 0.6 is 0 Å². The van der Waals surface area contributed by atoms with E-state index in [9.17, 15) is 4.79 Å². The van der Waals surface area contributed by atoms with E-state index in [0.717, 1.165) is 12.7 Å². The third kappa shape index (κ3) is 2.08. The standard InChI is InChI=1S/C10H10O2/c1-2-7-12-10-6-4-3-5-9(10)8-11/h1,3-5,8,10H,6-7H2. The minimum Gasteiger partial charge on any atom is -0.360 e. The molecule has 62 valence electrons. The second kappa shape index (κ2) is 4.53. The monoisotopic (exact) mass is 162 g/mol. The van der Waals surface area contributed by atoms with Crippen molar-refractivity contribution >= 4 is 6.29 Å². The summed E-state index contributed by atoms with van der Waals surface area (Å²) >= 11 is 0. The molecule has 1 atom stereocenters. The van der Waals surface area contributed by atoms with Gasteiger partial charge in [-0.3, -0.25) is 4.79 Å². The van der Waals surface area contributed by atoms with Gasteiger partial charge in [-0.05, 0) is 6.42 Å². The molecule has 2 heteroatoms. The van der Waals surface area contributed by atoms with Crippen LogP contribution in [0.2, 0.25) is 0 Å². The predicted octanol–water partition coefficient (Wildman–Crippen LogP) is 1.09. The number of carbonyl (C=O) groups excluding carboxylic acids is 1. The lowest BCUT2D eigenvalue weighted by atomic mass is 10.0. The molecule has 0 spiro atoms. The zero-order valence-electron chi connectivity index (χ0n) is 6.69. The highest BCUT2D eigenvalue weighted by molar-refractivity contribution is 5.75. The van der Waals surface area contributed by atoms with Crippen molar-refractivity contribution in [2.75, 3.05) is 6.61 Å². The Balaban J connectivity index is 2.55. The van der Waals surface area contributed by atoms with Crippen LogP contribution in [0.1, 0.15) is 6.42 Å². The van der Waals surface area contributed by atoms with Gasteiger partial charge in [-0.25, -0.2) is 0 Å². The first-order valence-corrected chi connectivity index (χ1v) is 3.75. The van der Waals surface area contributed by atoms with Gasteiger partial charge >= 0.3 is 0 Å². The van der Waals surface area contributed by atoms with Crippen molar-refractivity contribution in [3.05, 3.63) is 23.8 Å². The number of carbonyl (C=O) groups is 1. The van der Waals surface area contributed by atoms with Crippen LogP contribution < -0.4 is 0 Å². The molecule has 1 aliphatic carbocycles. The number of hydrogen-bond donors (Lipinski definition) is 0. The van der Waals surface area contributed by atoms with Crippen molar-refractivity contribution in [2.45, 2.75) is 12.5 Å². The maximum absolute atomic E-state index is 10.5. The highest BCUT2D eigenvalue weighted by Gasteiger charge is 2.13. The molecular formula is C10H10O2. The smallest absolute Gasteiger partial charge is 0.148 e. The van der Waals surface area contributed by atoms with Gasteiger partial charge in [0, 0.05) is 5.57 Å². The van der Waals surface area contributed by atoms with Gasteiger partial charge in [0.2, 0.25) is 0 Å². The molecule has 1 aliphatic rings. The van der Waals surface area contributed by atoms with E-state index in [1.165, 1.54) is 0 Å². The first kappa shape index (κ1) is 8.76. The fourth-order valence-electron chi connectivity index (χ4n) is 1.05. The van der Waals surface area contributed by atoms with E-state index in [0.29, 0.717) is 5.57 Å². The van der Waals surface area contributed by atoms with E-state index in [1.54, 1.807) is 6.08 Å². The highest BCUT2D eigenvalue weighted by atomic mass is 16.5. The first-order chi connectivity index (χ1) is 5.88. The predicted molar refractivity (Wildman–Crippen MR) is 46.5 cm³/mol. The van der Waals surface area contributed by atoms with Crippen LogP contribution in [0.25, 0.3) is 0 Å². The third-order valence-electron chi connectivity index (χ3n) is 1.65. The lowest BCUT2D eigenvalue weighted by Crippen LogP contribution is -2.18. The van der Waals surface area contributed by atoms with Crippen LogP contribution in [0.5, 0.6) is 0 Å². The molecule has 12 heavy (non-hydrogen) atoms. The number of hydrogen-bond acceptors (Lipinski definition) is 2. The van der Waals surface area contributed by atoms with E-state index in [1.807, 2.05) is 12.2 Å². The number of aldehydes is 1. The number of terminal acetylenes is 1. The van der Waals surface area contributed by atoms with Crippen molar-refractivity contribution in [3.63, 3.8) is 0 Å². The van der Waals surface area contributed by atoms with Crippen molar-refractivity contribution in [1.82, 2.24) is 0 Å². The summed E-state index contributed by atoms with van der Waals surface area (Å²) in [5, 5.41) is 0. The Morgan fingerprint density at radius 1 is 1.83 bits per heavy atom. The normalized spacial score (nSPS) is 21.2. The Hall–Kier alpha value is -1.33. The van der Waals surface area contributed by atoms with Crippen LogP contribution in [0.4, 0.5) is 0 Å². The van der Waals surface area contributed by atoms with Gasteiger partial charge in [0.15, 0.2) is 0 Å². The van der Waals surface area contributed by atoms with Gasteiger partial charge in [0.25, 0.3) is 0 Å². The van der Waals surface area contributed by atoms with E-state index in [4.69, 9.17) is 11.2 Å². The van der Waals surface area contributed by atoms with Gasteiger partial charge in [0.1, 0.15) is 12.9 Å². The molecule has 0 bridgehead atoms. The van der Waals surface area contributed by atoms with E-state index in [2.05, 4.69) is 5.92 Å². The molecule has 0 saturated carbocycles. The molecule has 2 nitrogen and oxygen atoms in total. The Morgan fingerprint density at radius 2 is 2.67 bits per heavy atom. The summed E-state index contributed by atoms with van der Waals surface area (Å²) in [6.45, 7) is 0.254. The summed E-state index contributed by atoms with van der Waals surface area (Å²) in [5.74, 6) is 2.37. The summed E-state index contributed by atoms with van der Waals surface area (Å²) in [4.78, 5) is 10.5. The molecule has 0 saturated heterocycles. The maximum Gasteiger partial charge on any atom is 0.148 e. The van der Waals surface area contributed by atoms with Crippen LogP contribution in [0, 0.1) is 12.3 Å². The molecule has 1 rings (SSSR count). The fourth-order valence-corrected chi connectivity index (χ4v) is 1.05. The van der Waals surface area contributed by atoms with Gasteiger partial charge in [-0.1, -0.05) is 24.1 Å². The minimum atomic E-state index is -0.149. The minimum absolute atomic E-state index is 0.149. The fraction of sp³-hybridized carbons (Fsp3) is 0.300. The van der Waals surface area contributed by atoms with Crippen molar-refractivity contribution in [3.8, 4) is 12.3 Å². The molecule has 0 aromatic heterocycles. The van der Waals surface area contributed by atoms with Crippen LogP contribution in [0.15, 0.2) is 23.8 Å². The molecule has 0 aromatic rings. The highest BCUT2D eigenvalue weighted by Crippen LogP contribution is 2.14. The molecule has 0 aromatic carbocycles. The summed E-state index contributed by atoms with van der Waals surface area (Å²) < 4.78 is 5.25. The van der Waals surface area contributed by atoms with Gasteiger partial charge < -0.3 is 4.74 Å². The van der Waals surface area contributed by atoms with Crippen LogP contribution in [-0.4, -0.2) is 19.0 Å². The average molecular weight is 162 g/mol. The van der Waals surface area contributed by atoms with Gasteiger partial charge in [0.05, 0.1) is 6.10 Å². The van der Waals surface area contributed by atoms with E-state index < -0.39 is 0 Å². The summed E-state index contributed by atoms with van der Waals surface area (Å²) in [7, 11) is 0. The zero-order chi connectivity index (χ0) is 8.81. The molecule has 1 unspecified atom stereocenters. The zero-order valence-corrected chi connectivity index (χ0v) is 6.69. The van der Waals surface area contributed by atoms with Crippen LogP contribution in [0.3, 0.4) is 0 Å².